The average molecular weight is 308 g/mol. The van der Waals surface area contributed by atoms with E-state index in [-0.39, 0.29) is 11.9 Å². The van der Waals surface area contributed by atoms with Crippen LogP contribution in [-0.4, -0.2) is 5.91 Å². The number of carbonyl (C=O) groups excluding carboxylic acids is 1. The summed E-state index contributed by atoms with van der Waals surface area (Å²) < 4.78 is 0. The molecule has 2 aromatic rings. The molecule has 1 N–H and O–H groups in total. The maximum Gasteiger partial charge on any atom is 0.253 e. The Hall–Kier alpha value is -1.51. The Morgan fingerprint density at radius 3 is 2.45 bits per heavy atom. The van der Waals surface area contributed by atoms with E-state index in [1.165, 1.54) is 0 Å². The number of hydrogen-bond acceptors (Lipinski definition) is 1. The number of nitrogens with one attached hydrogen (secondary N) is 1. The minimum Gasteiger partial charge on any atom is -0.345 e. The molecule has 0 heterocycles. The minimum atomic E-state index is -0.192. The van der Waals surface area contributed by atoms with Gasteiger partial charge >= 0.3 is 0 Å². The van der Waals surface area contributed by atoms with Crippen molar-refractivity contribution in [2.75, 3.05) is 0 Å². The van der Waals surface area contributed by atoms with Crippen molar-refractivity contribution in [1.29, 1.82) is 0 Å². The van der Waals surface area contributed by atoms with Gasteiger partial charge in [0.05, 0.1) is 16.6 Å². The van der Waals surface area contributed by atoms with Crippen LogP contribution in [-0.2, 0) is 0 Å². The Morgan fingerprint density at radius 2 is 1.85 bits per heavy atom. The van der Waals surface area contributed by atoms with Crippen molar-refractivity contribution >= 4 is 29.1 Å². The van der Waals surface area contributed by atoms with Gasteiger partial charge in [-0.1, -0.05) is 60.5 Å². The van der Waals surface area contributed by atoms with Crippen LogP contribution >= 0.6 is 23.2 Å². The zero-order valence-electron chi connectivity index (χ0n) is 11.1. The number of rotatable bonds is 4. The third kappa shape index (κ3) is 3.53. The van der Waals surface area contributed by atoms with Gasteiger partial charge in [-0.3, -0.25) is 4.79 Å². The molecule has 0 aromatic heterocycles. The predicted octanol–water partition coefficient (Wildman–Crippen LogP) is 4.87. The zero-order chi connectivity index (χ0) is 14.5. The smallest absolute Gasteiger partial charge is 0.253 e. The molecular weight excluding hydrogens is 293 g/mol. The Balaban J connectivity index is 2.17. The van der Waals surface area contributed by atoms with E-state index in [1.807, 2.05) is 37.3 Å². The lowest BCUT2D eigenvalue weighted by atomic mass is 10.0. The van der Waals surface area contributed by atoms with Gasteiger partial charge in [-0.15, -0.1) is 0 Å². The number of benzene rings is 2. The summed E-state index contributed by atoms with van der Waals surface area (Å²) >= 11 is 11.9. The second-order valence-electron chi connectivity index (χ2n) is 4.47. The highest BCUT2D eigenvalue weighted by Crippen LogP contribution is 2.22. The summed E-state index contributed by atoms with van der Waals surface area (Å²) in [7, 11) is 0. The summed E-state index contributed by atoms with van der Waals surface area (Å²) in [5.74, 6) is -0.192. The average Bonchev–Trinajstić information content (AvgIpc) is 2.45. The van der Waals surface area contributed by atoms with Crippen molar-refractivity contribution in [3.63, 3.8) is 0 Å². The number of amides is 1. The molecule has 104 valence electrons. The van der Waals surface area contributed by atoms with Crippen molar-refractivity contribution in [2.24, 2.45) is 0 Å². The lowest BCUT2D eigenvalue weighted by Crippen LogP contribution is -2.28. The molecule has 0 saturated carbocycles. The van der Waals surface area contributed by atoms with Crippen LogP contribution < -0.4 is 5.32 Å². The second-order valence-corrected chi connectivity index (χ2v) is 5.31. The first-order chi connectivity index (χ1) is 9.61. The zero-order valence-corrected chi connectivity index (χ0v) is 12.6. The topological polar surface area (TPSA) is 29.1 Å². The van der Waals surface area contributed by atoms with Crippen LogP contribution in [0.15, 0.2) is 48.5 Å². The van der Waals surface area contributed by atoms with Crippen molar-refractivity contribution in [2.45, 2.75) is 19.4 Å². The molecule has 0 radical (unpaired) electrons. The Bertz CT molecular complexity index is 599. The SMILES string of the molecule is CCC(NC(=O)c1ccc(Cl)cc1Cl)c1ccccc1. The number of hydrogen-bond donors (Lipinski definition) is 1. The van der Waals surface area contributed by atoms with E-state index in [2.05, 4.69) is 5.32 Å². The van der Waals surface area contributed by atoms with E-state index in [4.69, 9.17) is 23.2 Å². The highest BCUT2D eigenvalue weighted by Gasteiger charge is 2.16. The van der Waals surface area contributed by atoms with Crippen molar-refractivity contribution < 1.29 is 4.79 Å². The van der Waals surface area contributed by atoms with Crippen LogP contribution in [0.25, 0.3) is 0 Å². The molecule has 4 heteroatoms. The lowest BCUT2D eigenvalue weighted by Gasteiger charge is -2.18. The first-order valence-corrected chi connectivity index (χ1v) is 7.18. The molecule has 2 aromatic carbocycles. The van der Waals surface area contributed by atoms with Crippen LogP contribution in [0.5, 0.6) is 0 Å². The van der Waals surface area contributed by atoms with Crippen LogP contribution in [0.2, 0.25) is 10.0 Å². The fourth-order valence-corrected chi connectivity index (χ4v) is 2.51. The molecule has 0 aliphatic heterocycles. The normalized spacial score (nSPS) is 11.9. The first kappa shape index (κ1) is 14.9. The van der Waals surface area contributed by atoms with Gasteiger partial charge in [0.1, 0.15) is 0 Å². The predicted molar refractivity (Wildman–Crippen MR) is 83.4 cm³/mol. The maximum atomic E-state index is 12.3. The Kier molecular flexibility index (Phi) is 5.05. The van der Waals surface area contributed by atoms with Crippen LogP contribution in [0.4, 0.5) is 0 Å². The van der Waals surface area contributed by atoms with Gasteiger partial charge in [0.15, 0.2) is 0 Å². The fourth-order valence-electron chi connectivity index (χ4n) is 2.02. The molecule has 1 unspecified atom stereocenters. The summed E-state index contributed by atoms with van der Waals surface area (Å²) in [6.45, 7) is 2.03. The third-order valence-electron chi connectivity index (χ3n) is 3.09. The largest absolute Gasteiger partial charge is 0.345 e. The monoisotopic (exact) mass is 307 g/mol. The first-order valence-electron chi connectivity index (χ1n) is 6.42. The highest BCUT2D eigenvalue weighted by molar-refractivity contribution is 6.36. The molecule has 2 nitrogen and oxygen atoms in total. The number of carbonyl (C=O) groups is 1. The van der Waals surface area contributed by atoms with E-state index >= 15 is 0 Å². The standard InChI is InChI=1S/C16H15Cl2NO/c1-2-15(11-6-4-3-5-7-11)19-16(20)13-9-8-12(17)10-14(13)18/h3-10,15H,2H2,1H3,(H,19,20). The van der Waals surface area contributed by atoms with E-state index in [0.717, 1.165) is 12.0 Å². The van der Waals surface area contributed by atoms with Crippen molar-refractivity contribution in [3.05, 3.63) is 69.7 Å². The van der Waals surface area contributed by atoms with Gasteiger partial charge in [-0.05, 0) is 30.2 Å². The van der Waals surface area contributed by atoms with Crippen LogP contribution in [0, 0.1) is 0 Å². The maximum absolute atomic E-state index is 12.3. The molecule has 20 heavy (non-hydrogen) atoms. The molecule has 0 saturated heterocycles. The van der Waals surface area contributed by atoms with E-state index in [1.54, 1.807) is 18.2 Å². The fraction of sp³-hybridized carbons (Fsp3) is 0.188. The summed E-state index contributed by atoms with van der Waals surface area (Å²) in [6.07, 6.45) is 0.807. The minimum absolute atomic E-state index is 0.0320. The van der Waals surface area contributed by atoms with E-state index < -0.39 is 0 Å². The summed E-state index contributed by atoms with van der Waals surface area (Å²) in [6, 6.07) is 14.7. The summed E-state index contributed by atoms with van der Waals surface area (Å²) in [5.41, 5.74) is 1.51. The molecule has 0 aliphatic carbocycles. The second kappa shape index (κ2) is 6.78. The van der Waals surface area contributed by atoms with Crippen LogP contribution in [0.1, 0.15) is 35.3 Å². The third-order valence-corrected chi connectivity index (χ3v) is 3.64. The van der Waals surface area contributed by atoms with Gasteiger partial charge in [0, 0.05) is 5.02 Å². The van der Waals surface area contributed by atoms with Gasteiger partial charge in [-0.2, -0.15) is 0 Å². The lowest BCUT2D eigenvalue weighted by molar-refractivity contribution is 0.0935. The van der Waals surface area contributed by atoms with Gasteiger partial charge in [0.25, 0.3) is 5.91 Å². The molecule has 2 rings (SSSR count). The molecular formula is C16H15Cl2NO. The van der Waals surface area contributed by atoms with Gasteiger partial charge in [-0.25, -0.2) is 0 Å². The molecule has 0 fully saturated rings. The summed E-state index contributed by atoms with van der Waals surface area (Å²) in [5, 5.41) is 3.87. The highest BCUT2D eigenvalue weighted by atomic mass is 35.5. The van der Waals surface area contributed by atoms with E-state index in [0.29, 0.717) is 15.6 Å². The van der Waals surface area contributed by atoms with Gasteiger partial charge < -0.3 is 5.32 Å². The molecule has 0 aliphatic rings. The molecule has 1 amide bonds. The van der Waals surface area contributed by atoms with Crippen molar-refractivity contribution in [1.82, 2.24) is 5.32 Å². The molecule has 0 spiro atoms. The van der Waals surface area contributed by atoms with Crippen LogP contribution in [0.3, 0.4) is 0 Å². The molecule has 1 atom stereocenters. The summed E-state index contributed by atoms with van der Waals surface area (Å²) in [4.78, 5) is 12.3. The molecule has 0 bridgehead atoms. The van der Waals surface area contributed by atoms with E-state index in [9.17, 15) is 4.79 Å². The van der Waals surface area contributed by atoms with Gasteiger partial charge in [0.2, 0.25) is 0 Å². The Labute approximate surface area is 128 Å². The number of halogens is 2. The van der Waals surface area contributed by atoms with Crippen molar-refractivity contribution in [3.8, 4) is 0 Å². The quantitative estimate of drug-likeness (QED) is 0.857. The Morgan fingerprint density at radius 1 is 1.15 bits per heavy atom.